The molecule has 15 heavy (non-hydrogen) atoms. The molecule has 0 aromatic heterocycles. The average molecular weight is 205 g/mol. The van der Waals surface area contributed by atoms with E-state index < -0.39 is 0 Å². The lowest BCUT2D eigenvalue weighted by atomic mass is 9.96. The van der Waals surface area contributed by atoms with Crippen LogP contribution in [0.2, 0.25) is 0 Å². The number of carbonyl (C=O) groups is 1. The zero-order chi connectivity index (χ0) is 11.3. The van der Waals surface area contributed by atoms with Gasteiger partial charge >= 0.3 is 0 Å². The number of piperidine rings is 1. The summed E-state index contributed by atoms with van der Waals surface area (Å²) < 4.78 is 0. The molecule has 1 rings (SSSR count). The summed E-state index contributed by atoms with van der Waals surface area (Å²) in [4.78, 5) is 12.7. The number of nitrogens with zero attached hydrogens (tertiary/aromatic N) is 3. The van der Waals surface area contributed by atoms with Crippen molar-refractivity contribution in [2.45, 2.75) is 44.7 Å². The Morgan fingerprint density at radius 3 is 2.27 bits per heavy atom. The molecule has 4 heteroatoms. The van der Waals surface area contributed by atoms with E-state index in [0.717, 1.165) is 19.3 Å². The summed E-state index contributed by atoms with van der Waals surface area (Å²) in [5, 5.41) is 17.9. The standard InChI is InChI=1S/C11H15N3O/c1-9(15)5-6-14-10(7-12)3-2-4-11(14)8-13/h10-11H,2-6H2,1H3/t10-,11+. The van der Waals surface area contributed by atoms with Gasteiger partial charge < -0.3 is 0 Å². The molecule has 0 bridgehead atoms. The van der Waals surface area contributed by atoms with E-state index in [1.54, 1.807) is 0 Å². The van der Waals surface area contributed by atoms with Gasteiger partial charge in [0.2, 0.25) is 0 Å². The van der Waals surface area contributed by atoms with Crippen molar-refractivity contribution < 1.29 is 4.79 Å². The van der Waals surface area contributed by atoms with Crippen LogP contribution in [0.1, 0.15) is 32.6 Å². The molecule has 80 valence electrons. The van der Waals surface area contributed by atoms with Gasteiger partial charge in [0, 0.05) is 13.0 Å². The van der Waals surface area contributed by atoms with Crippen molar-refractivity contribution in [3.8, 4) is 12.1 Å². The maximum Gasteiger partial charge on any atom is 0.131 e. The molecule has 1 heterocycles. The fraction of sp³-hybridized carbons (Fsp3) is 0.727. The molecule has 4 nitrogen and oxygen atoms in total. The van der Waals surface area contributed by atoms with Gasteiger partial charge in [-0.25, -0.2) is 0 Å². The van der Waals surface area contributed by atoms with Crippen LogP contribution in [0.25, 0.3) is 0 Å². The third-order valence-corrected chi connectivity index (χ3v) is 2.78. The maximum atomic E-state index is 10.9. The smallest absolute Gasteiger partial charge is 0.131 e. The van der Waals surface area contributed by atoms with E-state index in [9.17, 15) is 4.79 Å². The van der Waals surface area contributed by atoms with E-state index in [-0.39, 0.29) is 17.9 Å². The number of carbonyl (C=O) groups excluding carboxylic acids is 1. The lowest BCUT2D eigenvalue weighted by molar-refractivity contribution is -0.117. The Kier molecular flexibility index (Phi) is 4.27. The molecule has 1 saturated heterocycles. The number of nitriles is 2. The molecular formula is C11H15N3O. The third-order valence-electron chi connectivity index (χ3n) is 2.78. The minimum atomic E-state index is -0.192. The first-order valence-corrected chi connectivity index (χ1v) is 5.23. The zero-order valence-corrected chi connectivity index (χ0v) is 8.94. The summed E-state index contributed by atoms with van der Waals surface area (Å²) in [6.45, 7) is 2.07. The Labute approximate surface area is 90.1 Å². The fourth-order valence-electron chi connectivity index (χ4n) is 1.93. The van der Waals surface area contributed by atoms with E-state index in [2.05, 4.69) is 12.1 Å². The van der Waals surface area contributed by atoms with Crippen LogP contribution in [-0.2, 0) is 4.79 Å². The van der Waals surface area contributed by atoms with E-state index in [4.69, 9.17) is 10.5 Å². The SMILES string of the molecule is CC(=O)CCN1[C@H](C#N)CCC[C@@H]1C#N. The second-order valence-corrected chi connectivity index (χ2v) is 3.91. The number of rotatable bonds is 3. The Bertz CT molecular complexity index is 291. The summed E-state index contributed by atoms with van der Waals surface area (Å²) in [6, 6.07) is 4.03. The van der Waals surface area contributed by atoms with Crippen LogP contribution < -0.4 is 0 Å². The van der Waals surface area contributed by atoms with Crippen molar-refractivity contribution >= 4 is 5.78 Å². The first-order valence-electron chi connectivity index (χ1n) is 5.23. The van der Waals surface area contributed by atoms with Crippen molar-refractivity contribution in [2.75, 3.05) is 6.54 Å². The summed E-state index contributed by atoms with van der Waals surface area (Å²) in [7, 11) is 0. The molecule has 1 fully saturated rings. The number of hydrogen-bond donors (Lipinski definition) is 0. The van der Waals surface area contributed by atoms with Gasteiger partial charge in [0.15, 0.2) is 0 Å². The highest BCUT2D eigenvalue weighted by Crippen LogP contribution is 2.22. The van der Waals surface area contributed by atoms with E-state index in [0.29, 0.717) is 13.0 Å². The Morgan fingerprint density at radius 2 is 1.87 bits per heavy atom. The first kappa shape index (κ1) is 11.7. The van der Waals surface area contributed by atoms with Gasteiger partial charge in [-0.15, -0.1) is 0 Å². The predicted octanol–water partition coefficient (Wildman–Crippen LogP) is 1.24. The van der Waals surface area contributed by atoms with E-state index >= 15 is 0 Å². The van der Waals surface area contributed by atoms with Crippen molar-refractivity contribution in [2.24, 2.45) is 0 Å². The second kappa shape index (κ2) is 5.48. The lowest BCUT2D eigenvalue weighted by Gasteiger charge is -2.34. The van der Waals surface area contributed by atoms with E-state index in [1.807, 2.05) is 4.90 Å². The van der Waals surface area contributed by atoms with Crippen LogP contribution >= 0.6 is 0 Å². The van der Waals surface area contributed by atoms with Crippen molar-refractivity contribution in [3.05, 3.63) is 0 Å². The fourth-order valence-corrected chi connectivity index (χ4v) is 1.93. The predicted molar refractivity (Wildman–Crippen MR) is 54.7 cm³/mol. The van der Waals surface area contributed by atoms with Crippen molar-refractivity contribution in [1.82, 2.24) is 4.90 Å². The largest absolute Gasteiger partial charge is 0.300 e. The highest BCUT2D eigenvalue weighted by molar-refractivity contribution is 5.75. The molecule has 0 amide bonds. The third kappa shape index (κ3) is 3.04. The molecule has 0 spiro atoms. The number of hydrogen-bond acceptors (Lipinski definition) is 4. The monoisotopic (exact) mass is 205 g/mol. The van der Waals surface area contributed by atoms with Crippen LogP contribution in [0.5, 0.6) is 0 Å². The normalized spacial score (nSPS) is 26.6. The molecule has 0 aromatic rings. The Balaban J connectivity index is 2.64. The summed E-state index contributed by atoms with van der Waals surface area (Å²) in [6.07, 6.45) is 2.97. The van der Waals surface area contributed by atoms with Gasteiger partial charge in [-0.1, -0.05) is 0 Å². The molecule has 2 atom stereocenters. The van der Waals surface area contributed by atoms with Gasteiger partial charge in [0.05, 0.1) is 24.2 Å². The number of likely N-dealkylation sites (tertiary alicyclic amines) is 1. The lowest BCUT2D eigenvalue weighted by Crippen LogP contribution is -2.46. The second-order valence-electron chi connectivity index (χ2n) is 3.91. The van der Waals surface area contributed by atoms with Crippen LogP contribution in [-0.4, -0.2) is 29.3 Å². The van der Waals surface area contributed by atoms with Crippen molar-refractivity contribution in [3.63, 3.8) is 0 Å². The van der Waals surface area contributed by atoms with Gasteiger partial charge in [-0.2, -0.15) is 10.5 Å². The minimum Gasteiger partial charge on any atom is -0.300 e. The molecule has 0 saturated carbocycles. The maximum absolute atomic E-state index is 10.9. The molecule has 0 unspecified atom stereocenters. The topological polar surface area (TPSA) is 67.9 Å². The van der Waals surface area contributed by atoms with Gasteiger partial charge in [-0.3, -0.25) is 9.69 Å². The van der Waals surface area contributed by atoms with Crippen LogP contribution in [0.3, 0.4) is 0 Å². The minimum absolute atomic E-state index is 0.106. The summed E-state index contributed by atoms with van der Waals surface area (Å²) in [5.74, 6) is 0.106. The first-order chi connectivity index (χ1) is 7.19. The van der Waals surface area contributed by atoms with Gasteiger partial charge in [0.25, 0.3) is 0 Å². The Morgan fingerprint density at radius 1 is 1.33 bits per heavy atom. The average Bonchev–Trinajstić information content (AvgIpc) is 2.25. The van der Waals surface area contributed by atoms with Crippen molar-refractivity contribution in [1.29, 1.82) is 10.5 Å². The van der Waals surface area contributed by atoms with Crippen LogP contribution in [0, 0.1) is 22.7 Å². The molecule has 0 aromatic carbocycles. The summed E-state index contributed by atoms with van der Waals surface area (Å²) >= 11 is 0. The molecule has 0 N–H and O–H groups in total. The molecular weight excluding hydrogens is 190 g/mol. The highest BCUT2D eigenvalue weighted by Gasteiger charge is 2.30. The highest BCUT2D eigenvalue weighted by atomic mass is 16.1. The van der Waals surface area contributed by atoms with Gasteiger partial charge in [-0.05, 0) is 26.2 Å². The Hall–Kier alpha value is -1.39. The van der Waals surface area contributed by atoms with Crippen LogP contribution in [0.4, 0.5) is 0 Å². The van der Waals surface area contributed by atoms with E-state index in [1.165, 1.54) is 6.92 Å². The van der Waals surface area contributed by atoms with Crippen LogP contribution in [0.15, 0.2) is 0 Å². The molecule has 1 aliphatic heterocycles. The molecule has 0 aliphatic carbocycles. The number of ketones is 1. The van der Waals surface area contributed by atoms with Gasteiger partial charge in [0.1, 0.15) is 5.78 Å². The quantitative estimate of drug-likeness (QED) is 0.695. The zero-order valence-electron chi connectivity index (χ0n) is 8.94. The molecule has 0 radical (unpaired) electrons. The molecule has 1 aliphatic rings. The summed E-state index contributed by atoms with van der Waals surface area (Å²) in [5.41, 5.74) is 0. The number of Topliss-reactive ketones (excluding diaryl/α,β-unsaturated/α-hetero) is 1.